The van der Waals surface area contributed by atoms with Crippen LogP contribution in [0, 0.1) is 5.82 Å². The van der Waals surface area contributed by atoms with E-state index < -0.39 is 15.8 Å². The first-order chi connectivity index (χ1) is 16.8. The van der Waals surface area contributed by atoms with Crippen molar-refractivity contribution in [3.8, 4) is 5.75 Å². The van der Waals surface area contributed by atoms with Crippen LogP contribution in [0.5, 0.6) is 5.75 Å². The molecular formula is C27H25FN2O4S. The highest BCUT2D eigenvalue weighted by atomic mass is 32.2. The lowest BCUT2D eigenvalue weighted by Crippen LogP contribution is -2.29. The van der Waals surface area contributed by atoms with Gasteiger partial charge in [0, 0.05) is 22.2 Å². The number of amides is 1. The fourth-order valence-corrected chi connectivity index (χ4v) is 4.71. The largest absolute Gasteiger partial charge is 0.494 e. The smallest absolute Gasteiger partial charge is 0.255 e. The molecule has 0 spiro atoms. The Labute approximate surface area is 204 Å². The minimum atomic E-state index is -3.71. The van der Waals surface area contributed by atoms with Crippen molar-refractivity contribution < 1.29 is 22.3 Å². The average Bonchev–Trinajstić information content (AvgIpc) is 2.83. The molecule has 6 nitrogen and oxygen atoms in total. The molecule has 0 aromatic heterocycles. The SMILES string of the molecule is CCOc1ccc(C(=O)Nc2cccc3ccccc23)cc1CN(c1ccc(F)cc1)S(C)(=O)=O. The molecule has 0 saturated carbocycles. The predicted molar refractivity (Wildman–Crippen MR) is 137 cm³/mol. The third kappa shape index (κ3) is 5.60. The van der Waals surface area contributed by atoms with Gasteiger partial charge in [0.05, 0.1) is 25.1 Å². The number of carbonyl (C=O) groups excluding carboxylic acids is 1. The van der Waals surface area contributed by atoms with Gasteiger partial charge < -0.3 is 10.1 Å². The molecule has 0 heterocycles. The maximum Gasteiger partial charge on any atom is 0.255 e. The topological polar surface area (TPSA) is 75.7 Å². The predicted octanol–water partition coefficient (Wildman–Crippen LogP) is 5.60. The van der Waals surface area contributed by atoms with Crippen LogP contribution in [0.15, 0.2) is 84.9 Å². The third-order valence-electron chi connectivity index (χ3n) is 5.49. The summed E-state index contributed by atoms with van der Waals surface area (Å²) in [5.74, 6) is -0.340. The van der Waals surface area contributed by atoms with E-state index >= 15 is 0 Å². The third-order valence-corrected chi connectivity index (χ3v) is 6.63. The molecule has 0 atom stereocenters. The monoisotopic (exact) mass is 492 g/mol. The van der Waals surface area contributed by atoms with Crippen LogP contribution < -0.4 is 14.4 Å². The summed E-state index contributed by atoms with van der Waals surface area (Å²) in [5, 5.41) is 4.86. The van der Waals surface area contributed by atoms with Crippen molar-refractivity contribution in [2.75, 3.05) is 22.5 Å². The van der Waals surface area contributed by atoms with Crippen molar-refractivity contribution in [3.05, 3.63) is 102 Å². The van der Waals surface area contributed by atoms with E-state index in [1.165, 1.54) is 24.3 Å². The number of carbonyl (C=O) groups is 1. The molecule has 4 rings (SSSR count). The molecular weight excluding hydrogens is 467 g/mol. The van der Waals surface area contributed by atoms with Crippen LogP contribution in [0.4, 0.5) is 15.8 Å². The molecule has 0 bridgehead atoms. The van der Waals surface area contributed by atoms with Gasteiger partial charge in [-0.25, -0.2) is 12.8 Å². The number of nitrogens with zero attached hydrogens (tertiary/aromatic N) is 1. The van der Waals surface area contributed by atoms with Gasteiger partial charge in [-0.1, -0.05) is 36.4 Å². The van der Waals surface area contributed by atoms with E-state index in [4.69, 9.17) is 4.74 Å². The Hall–Kier alpha value is -3.91. The van der Waals surface area contributed by atoms with Gasteiger partial charge in [0.2, 0.25) is 10.0 Å². The Balaban J connectivity index is 1.68. The van der Waals surface area contributed by atoms with E-state index in [0.717, 1.165) is 21.3 Å². The first-order valence-corrected chi connectivity index (χ1v) is 12.9. The van der Waals surface area contributed by atoms with E-state index in [9.17, 15) is 17.6 Å². The number of fused-ring (bicyclic) bond motifs is 1. The Kier molecular flexibility index (Phi) is 7.02. The number of nitrogens with one attached hydrogen (secondary N) is 1. The molecule has 0 unspecified atom stereocenters. The number of rotatable bonds is 8. The minimum Gasteiger partial charge on any atom is -0.494 e. The molecule has 35 heavy (non-hydrogen) atoms. The second kappa shape index (κ2) is 10.1. The van der Waals surface area contributed by atoms with Crippen LogP contribution in [0.25, 0.3) is 10.8 Å². The van der Waals surface area contributed by atoms with Crippen molar-refractivity contribution in [2.24, 2.45) is 0 Å². The van der Waals surface area contributed by atoms with Gasteiger partial charge >= 0.3 is 0 Å². The molecule has 0 fully saturated rings. The van der Waals surface area contributed by atoms with Gasteiger partial charge in [-0.05, 0) is 60.8 Å². The van der Waals surface area contributed by atoms with Crippen LogP contribution in [-0.2, 0) is 16.6 Å². The summed E-state index contributed by atoms with van der Waals surface area (Å²) in [6.45, 7) is 2.10. The first-order valence-electron chi connectivity index (χ1n) is 11.0. The normalized spacial score (nSPS) is 11.3. The molecule has 1 amide bonds. The molecule has 180 valence electrons. The van der Waals surface area contributed by atoms with Crippen LogP contribution in [0.2, 0.25) is 0 Å². The number of hydrogen-bond acceptors (Lipinski definition) is 4. The van der Waals surface area contributed by atoms with Gasteiger partial charge in [0.1, 0.15) is 11.6 Å². The fraction of sp³-hybridized carbons (Fsp3) is 0.148. The number of hydrogen-bond donors (Lipinski definition) is 1. The van der Waals surface area contributed by atoms with Crippen LogP contribution in [0.3, 0.4) is 0 Å². The summed E-state index contributed by atoms with van der Waals surface area (Å²) in [6.07, 6.45) is 1.08. The molecule has 0 radical (unpaired) electrons. The zero-order valence-electron chi connectivity index (χ0n) is 19.4. The molecule has 8 heteroatoms. The number of ether oxygens (including phenoxy) is 1. The Morgan fingerprint density at radius 3 is 2.40 bits per heavy atom. The maximum atomic E-state index is 13.4. The summed E-state index contributed by atoms with van der Waals surface area (Å²) < 4.78 is 45.5. The Morgan fingerprint density at radius 1 is 0.971 bits per heavy atom. The summed E-state index contributed by atoms with van der Waals surface area (Å²) in [4.78, 5) is 13.1. The van der Waals surface area contributed by atoms with Crippen LogP contribution in [-0.4, -0.2) is 27.2 Å². The quantitative estimate of drug-likeness (QED) is 0.348. The minimum absolute atomic E-state index is 0.0881. The molecule has 0 aliphatic rings. The van der Waals surface area contributed by atoms with E-state index in [0.29, 0.717) is 34.9 Å². The number of halogens is 1. The van der Waals surface area contributed by atoms with Gasteiger partial charge in [0.15, 0.2) is 0 Å². The lowest BCUT2D eigenvalue weighted by molar-refractivity contribution is 0.102. The van der Waals surface area contributed by atoms with Crippen LogP contribution in [0.1, 0.15) is 22.8 Å². The van der Waals surface area contributed by atoms with Gasteiger partial charge in [-0.3, -0.25) is 9.10 Å². The number of anilines is 2. The Bertz CT molecular complexity index is 1470. The van der Waals surface area contributed by atoms with Crippen molar-refractivity contribution in [1.82, 2.24) is 0 Å². The van der Waals surface area contributed by atoms with Crippen molar-refractivity contribution in [3.63, 3.8) is 0 Å². The van der Waals surface area contributed by atoms with E-state index in [2.05, 4.69) is 5.32 Å². The summed E-state index contributed by atoms with van der Waals surface area (Å²) in [6, 6.07) is 23.5. The second-order valence-electron chi connectivity index (χ2n) is 7.98. The maximum absolute atomic E-state index is 13.4. The number of benzene rings is 4. The summed E-state index contributed by atoms with van der Waals surface area (Å²) in [7, 11) is -3.71. The van der Waals surface area contributed by atoms with E-state index in [-0.39, 0.29) is 12.5 Å². The highest BCUT2D eigenvalue weighted by Gasteiger charge is 2.21. The van der Waals surface area contributed by atoms with Crippen molar-refractivity contribution in [1.29, 1.82) is 0 Å². The molecule has 1 N–H and O–H groups in total. The molecule has 4 aromatic rings. The van der Waals surface area contributed by atoms with Crippen molar-refractivity contribution in [2.45, 2.75) is 13.5 Å². The average molecular weight is 493 g/mol. The first kappa shape index (κ1) is 24.2. The summed E-state index contributed by atoms with van der Waals surface area (Å²) in [5.41, 5.74) is 1.84. The van der Waals surface area contributed by atoms with Crippen LogP contribution >= 0.6 is 0 Å². The van der Waals surface area contributed by atoms with Gasteiger partial charge in [-0.15, -0.1) is 0 Å². The molecule has 0 aliphatic heterocycles. The van der Waals surface area contributed by atoms with Gasteiger partial charge in [-0.2, -0.15) is 0 Å². The standard InChI is InChI=1S/C27H25FN2O4S/c1-3-34-26-16-11-20(27(31)29-25-10-6-8-19-7-4-5-9-24(19)25)17-21(26)18-30(35(2,32)33)23-14-12-22(28)13-15-23/h4-17H,3,18H2,1-2H3,(H,29,31). The fourth-order valence-electron chi connectivity index (χ4n) is 3.83. The second-order valence-corrected chi connectivity index (χ2v) is 9.89. The van der Waals surface area contributed by atoms with E-state index in [1.807, 2.05) is 49.4 Å². The molecule has 4 aromatic carbocycles. The number of sulfonamides is 1. The summed E-state index contributed by atoms with van der Waals surface area (Å²) >= 11 is 0. The highest BCUT2D eigenvalue weighted by Crippen LogP contribution is 2.28. The highest BCUT2D eigenvalue weighted by molar-refractivity contribution is 7.92. The molecule has 0 aliphatic carbocycles. The zero-order chi connectivity index (χ0) is 25.0. The lowest BCUT2D eigenvalue weighted by Gasteiger charge is -2.24. The van der Waals surface area contributed by atoms with Gasteiger partial charge in [0.25, 0.3) is 5.91 Å². The van der Waals surface area contributed by atoms with Crippen molar-refractivity contribution >= 4 is 38.1 Å². The zero-order valence-corrected chi connectivity index (χ0v) is 20.2. The molecule has 0 saturated heterocycles. The van der Waals surface area contributed by atoms with E-state index in [1.54, 1.807) is 18.2 Å². The Morgan fingerprint density at radius 2 is 1.69 bits per heavy atom. The lowest BCUT2D eigenvalue weighted by atomic mass is 10.1.